The molecule has 1 aromatic carbocycles. The summed E-state index contributed by atoms with van der Waals surface area (Å²) < 4.78 is 22.3. The predicted octanol–water partition coefficient (Wildman–Crippen LogP) is 2.00. The molecule has 0 bridgehead atoms. The van der Waals surface area contributed by atoms with Crippen LogP contribution in [0.2, 0.25) is 0 Å². The molecule has 16 heavy (non-hydrogen) atoms. The summed E-state index contributed by atoms with van der Waals surface area (Å²) in [6.45, 7) is 1.55. The van der Waals surface area contributed by atoms with Crippen molar-refractivity contribution in [2.24, 2.45) is 0 Å². The first-order valence-electron chi connectivity index (χ1n) is 4.60. The Hall–Kier alpha value is -1.69. The van der Waals surface area contributed by atoms with Crippen molar-refractivity contribution in [2.45, 2.75) is 6.92 Å². The summed E-state index contributed by atoms with van der Waals surface area (Å²) in [5.74, 6) is 0.0382. The Morgan fingerprint density at radius 2 is 1.88 bits per heavy atom. The highest BCUT2D eigenvalue weighted by Crippen LogP contribution is 2.13. The molecule has 0 amide bonds. The number of nitro groups is 1. The molecule has 0 heterocycles. The van der Waals surface area contributed by atoms with Gasteiger partial charge >= 0.3 is 0 Å². The van der Waals surface area contributed by atoms with Gasteiger partial charge in [0.15, 0.2) is 9.84 Å². The van der Waals surface area contributed by atoms with E-state index in [0.717, 1.165) is 5.41 Å². The molecule has 0 aliphatic carbocycles. The van der Waals surface area contributed by atoms with Gasteiger partial charge in [-0.15, -0.1) is 0 Å². The number of sulfone groups is 1. The number of hydrogen-bond donors (Lipinski definition) is 0. The van der Waals surface area contributed by atoms with Crippen molar-refractivity contribution in [1.82, 2.24) is 0 Å². The van der Waals surface area contributed by atoms with E-state index in [1.54, 1.807) is 6.92 Å². The first-order valence-corrected chi connectivity index (χ1v) is 6.31. The van der Waals surface area contributed by atoms with E-state index < -0.39 is 14.8 Å². The minimum Gasteiger partial charge on any atom is -0.258 e. The molecule has 5 nitrogen and oxygen atoms in total. The summed E-state index contributed by atoms with van der Waals surface area (Å²) in [6.07, 6.45) is 1.42. The second-order valence-electron chi connectivity index (χ2n) is 3.10. The second kappa shape index (κ2) is 4.89. The maximum atomic E-state index is 11.2. The van der Waals surface area contributed by atoms with Gasteiger partial charge in [0.05, 0.1) is 10.7 Å². The van der Waals surface area contributed by atoms with E-state index in [4.69, 9.17) is 0 Å². The molecule has 6 heteroatoms. The fourth-order valence-electron chi connectivity index (χ4n) is 0.986. The highest BCUT2D eigenvalue weighted by molar-refractivity contribution is 7.94. The lowest BCUT2D eigenvalue weighted by molar-refractivity contribution is -0.384. The number of nitro benzene ring substituents is 1. The Kier molecular flexibility index (Phi) is 3.78. The summed E-state index contributed by atoms with van der Waals surface area (Å²) in [5, 5.41) is 11.5. The highest BCUT2D eigenvalue weighted by atomic mass is 32.2. The number of non-ortho nitro benzene ring substituents is 1. The Morgan fingerprint density at radius 3 is 2.31 bits per heavy atom. The van der Waals surface area contributed by atoms with E-state index in [9.17, 15) is 18.5 Å². The molecule has 0 fully saturated rings. The van der Waals surface area contributed by atoms with Crippen molar-refractivity contribution in [1.29, 1.82) is 0 Å². The zero-order chi connectivity index (χ0) is 12.2. The molecule has 0 aliphatic heterocycles. The van der Waals surface area contributed by atoms with Crippen LogP contribution in [0, 0.1) is 10.1 Å². The summed E-state index contributed by atoms with van der Waals surface area (Å²) in [4.78, 5) is 9.86. The van der Waals surface area contributed by atoms with Gasteiger partial charge in [-0.05, 0) is 23.8 Å². The van der Waals surface area contributed by atoms with Crippen molar-refractivity contribution < 1.29 is 13.3 Å². The van der Waals surface area contributed by atoms with Crippen molar-refractivity contribution in [3.63, 3.8) is 0 Å². The Labute approximate surface area is 93.5 Å². The maximum absolute atomic E-state index is 11.2. The Bertz CT molecular complexity index is 502. The average Bonchev–Trinajstić information content (AvgIpc) is 2.27. The molecule has 1 aromatic rings. The molecule has 0 N–H and O–H groups in total. The zero-order valence-corrected chi connectivity index (χ0v) is 9.48. The van der Waals surface area contributed by atoms with Gasteiger partial charge in [0, 0.05) is 17.5 Å². The Morgan fingerprint density at radius 1 is 1.31 bits per heavy atom. The van der Waals surface area contributed by atoms with Gasteiger partial charge in [-0.25, -0.2) is 8.42 Å². The molecular weight excluding hydrogens is 230 g/mol. The van der Waals surface area contributed by atoms with E-state index in [0.29, 0.717) is 5.56 Å². The van der Waals surface area contributed by atoms with Crippen LogP contribution in [0.5, 0.6) is 0 Å². The summed E-state index contributed by atoms with van der Waals surface area (Å²) >= 11 is 0. The molecule has 0 radical (unpaired) electrons. The van der Waals surface area contributed by atoms with Gasteiger partial charge in [0.1, 0.15) is 0 Å². The van der Waals surface area contributed by atoms with Crippen LogP contribution in [0.25, 0.3) is 6.08 Å². The molecule has 0 aromatic heterocycles. The van der Waals surface area contributed by atoms with Crippen LogP contribution >= 0.6 is 0 Å². The number of benzene rings is 1. The molecule has 1 rings (SSSR count). The lowest BCUT2D eigenvalue weighted by Crippen LogP contribution is -1.96. The van der Waals surface area contributed by atoms with Gasteiger partial charge in [-0.3, -0.25) is 10.1 Å². The molecule has 0 saturated heterocycles. The molecule has 86 valence electrons. The van der Waals surface area contributed by atoms with Gasteiger partial charge < -0.3 is 0 Å². The maximum Gasteiger partial charge on any atom is 0.269 e. The van der Waals surface area contributed by atoms with Gasteiger partial charge in [0.25, 0.3) is 5.69 Å². The van der Waals surface area contributed by atoms with Gasteiger partial charge in [0.2, 0.25) is 0 Å². The Balaban J connectivity index is 2.88. The van der Waals surface area contributed by atoms with Crippen LogP contribution in [0.1, 0.15) is 12.5 Å². The summed E-state index contributed by atoms with van der Waals surface area (Å²) in [7, 11) is -3.16. The fraction of sp³-hybridized carbons (Fsp3) is 0.200. The topological polar surface area (TPSA) is 77.3 Å². The van der Waals surface area contributed by atoms with Crippen LogP contribution in [-0.2, 0) is 9.84 Å². The summed E-state index contributed by atoms with van der Waals surface area (Å²) in [5.41, 5.74) is 0.595. The molecule has 0 atom stereocenters. The van der Waals surface area contributed by atoms with Gasteiger partial charge in [-0.2, -0.15) is 0 Å². The SMILES string of the molecule is CCS(=O)(=O)/C=C/c1ccc([N+](=O)[O-])cc1. The third kappa shape index (κ3) is 3.47. The molecule has 0 aliphatic rings. The number of hydrogen-bond acceptors (Lipinski definition) is 4. The van der Waals surface area contributed by atoms with E-state index in [1.165, 1.54) is 30.3 Å². The van der Waals surface area contributed by atoms with Gasteiger partial charge in [-0.1, -0.05) is 6.92 Å². The first kappa shape index (κ1) is 12.4. The van der Waals surface area contributed by atoms with Crippen LogP contribution in [0.4, 0.5) is 5.69 Å². The molecular formula is C10H11NO4S. The van der Waals surface area contributed by atoms with Crippen LogP contribution in [-0.4, -0.2) is 19.1 Å². The average molecular weight is 241 g/mol. The summed E-state index contributed by atoms with van der Waals surface area (Å²) in [6, 6.07) is 5.66. The van der Waals surface area contributed by atoms with Crippen molar-refractivity contribution in [3.05, 3.63) is 45.4 Å². The second-order valence-corrected chi connectivity index (χ2v) is 5.28. The molecule has 0 unspecified atom stereocenters. The van der Waals surface area contributed by atoms with E-state index >= 15 is 0 Å². The van der Waals surface area contributed by atoms with E-state index in [2.05, 4.69) is 0 Å². The van der Waals surface area contributed by atoms with E-state index in [-0.39, 0.29) is 11.4 Å². The smallest absolute Gasteiger partial charge is 0.258 e. The van der Waals surface area contributed by atoms with Crippen molar-refractivity contribution in [3.8, 4) is 0 Å². The minimum atomic E-state index is -3.16. The van der Waals surface area contributed by atoms with Crippen molar-refractivity contribution >= 4 is 21.6 Å². The molecule has 0 saturated carbocycles. The standard InChI is InChI=1S/C10H11NO4S/c1-2-16(14,15)8-7-9-3-5-10(6-4-9)11(12)13/h3-8H,2H2,1H3/b8-7+. The monoisotopic (exact) mass is 241 g/mol. The lowest BCUT2D eigenvalue weighted by Gasteiger charge is -1.94. The molecule has 0 spiro atoms. The number of nitrogens with zero attached hydrogens (tertiary/aromatic N) is 1. The third-order valence-corrected chi connectivity index (χ3v) is 3.33. The zero-order valence-electron chi connectivity index (χ0n) is 8.66. The lowest BCUT2D eigenvalue weighted by atomic mass is 10.2. The van der Waals surface area contributed by atoms with Crippen LogP contribution in [0.3, 0.4) is 0 Å². The van der Waals surface area contributed by atoms with E-state index in [1.807, 2.05) is 0 Å². The first-order chi connectivity index (χ1) is 7.44. The largest absolute Gasteiger partial charge is 0.269 e. The normalized spacial score (nSPS) is 11.8. The highest BCUT2D eigenvalue weighted by Gasteiger charge is 2.03. The third-order valence-electron chi connectivity index (χ3n) is 1.97. The van der Waals surface area contributed by atoms with Crippen molar-refractivity contribution in [2.75, 3.05) is 5.75 Å². The van der Waals surface area contributed by atoms with Crippen LogP contribution < -0.4 is 0 Å². The number of rotatable bonds is 4. The van der Waals surface area contributed by atoms with Crippen LogP contribution in [0.15, 0.2) is 29.7 Å². The fourth-order valence-corrected chi connectivity index (χ4v) is 1.54. The quantitative estimate of drug-likeness (QED) is 0.596. The minimum absolute atomic E-state index is 0.0181. The predicted molar refractivity (Wildman–Crippen MR) is 61.6 cm³/mol.